The number of carbonyl (C=O) groups is 1. The van der Waals surface area contributed by atoms with Crippen LogP contribution in [0.3, 0.4) is 0 Å². The number of hydrogen-bond acceptors (Lipinski definition) is 3. The molecule has 0 radical (unpaired) electrons. The van der Waals surface area contributed by atoms with Crippen LogP contribution in [0.4, 0.5) is 5.00 Å². The standard InChI is InChI=1S/C14H19NO2S.2C2H6/c1-8-4-5-11(9(2)6-8)15-13-10(3)7-12(18-13)14(16)17;2*1-2/h7-9H,4-6H2,1-3H3,(H,16,17);2*1-2H3/b15-11-;;. The number of carboxylic acid groups (broad SMARTS) is 1. The Morgan fingerprint density at radius 2 is 1.86 bits per heavy atom. The molecule has 22 heavy (non-hydrogen) atoms. The molecule has 1 aliphatic rings. The van der Waals surface area contributed by atoms with Crippen LogP contribution in [0, 0.1) is 18.8 Å². The lowest BCUT2D eigenvalue weighted by Gasteiger charge is -2.25. The molecule has 1 saturated carbocycles. The monoisotopic (exact) mass is 325 g/mol. The van der Waals surface area contributed by atoms with Gasteiger partial charge in [-0.05, 0) is 49.7 Å². The van der Waals surface area contributed by atoms with Gasteiger partial charge in [0.05, 0.1) is 0 Å². The summed E-state index contributed by atoms with van der Waals surface area (Å²) in [5.74, 6) is 0.432. The lowest BCUT2D eigenvalue weighted by atomic mass is 9.82. The SMILES string of the molecule is CC.CC.Cc1cc(C(=O)O)sc1/N=C1/CCC(C)CC1C. The zero-order chi connectivity index (χ0) is 17.3. The van der Waals surface area contributed by atoms with Gasteiger partial charge in [0, 0.05) is 5.71 Å². The summed E-state index contributed by atoms with van der Waals surface area (Å²) in [6, 6.07) is 1.71. The van der Waals surface area contributed by atoms with Crippen LogP contribution in [0.2, 0.25) is 0 Å². The van der Waals surface area contributed by atoms with Gasteiger partial charge in [-0.2, -0.15) is 0 Å². The lowest BCUT2D eigenvalue weighted by Crippen LogP contribution is -2.21. The van der Waals surface area contributed by atoms with E-state index >= 15 is 0 Å². The summed E-state index contributed by atoms with van der Waals surface area (Å²) in [6.07, 6.45) is 3.43. The second kappa shape index (κ2) is 10.5. The van der Waals surface area contributed by atoms with Crippen LogP contribution in [0.5, 0.6) is 0 Å². The molecular weight excluding hydrogens is 294 g/mol. The van der Waals surface area contributed by atoms with Crippen molar-refractivity contribution in [3.8, 4) is 0 Å². The molecule has 0 aliphatic heterocycles. The Morgan fingerprint density at radius 3 is 2.32 bits per heavy atom. The summed E-state index contributed by atoms with van der Waals surface area (Å²) in [4.78, 5) is 16.0. The summed E-state index contributed by atoms with van der Waals surface area (Å²) >= 11 is 1.28. The molecule has 1 N–H and O–H groups in total. The van der Waals surface area contributed by atoms with Crippen LogP contribution in [0.25, 0.3) is 0 Å². The van der Waals surface area contributed by atoms with Gasteiger partial charge in [-0.15, -0.1) is 11.3 Å². The number of thiophene rings is 1. The zero-order valence-corrected chi connectivity index (χ0v) is 15.9. The first kappa shape index (κ1) is 20.8. The summed E-state index contributed by atoms with van der Waals surface area (Å²) in [5.41, 5.74) is 2.20. The maximum atomic E-state index is 10.9. The third-order valence-corrected chi connectivity index (χ3v) is 4.68. The van der Waals surface area contributed by atoms with E-state index in [0.717, 1.165) is 22.9 Å². The van der Waals surface area contributed by atoms with E-state index < -0.39 is 5.97 Å². The Bertz CT molecular complexity index is 491. The van der Waals surface area contributed by atoms with Crippen molar-refractivity contribution in [3.63, 3.8) is 0 Å². The predicted octanol–water partition coefficient (Wildman–Crippen LogP) is 6.34. The van der Waals surface area contributed by atoms with E-state index in [2.05, 4.69) is 13.8 Å². The summed E-state index contributed by atoms with van der Waals surface area (Å²) < 4.78 is 0. The molecule has 0 amide bonds. The van der Waals surface area contributed by atoms with Crippen molar-refractivity contribution in [2.45, 2.75) is 67.7 Å². The van der Waals surface area contributed by atoms with Gasteiger partial charge in [-0.3, -0.25) is 0 Å². The van der Waals surface area contributed by atoms with Gasteiger partial charge in [0.2, 0.25) is 0 Å². The van der Waals surface area contributed by atoms with Crippen LogP contribution < -0.4 is 0 Å². The Balaban J connectivity index is 0.00000102. The topological polar surface area (TPSA) is 49.7 Å². The minimum Gasteiger partial charge on any atom is -0.477 e. The van der Waals surface area contributed by atoms with Crippen LogP contribution in [0.15, 0.2) is 11.1 Å². The van der Waals surface area contributed by atoms with Gasteiger partial charge in [0.15, 0.2) is 0 Å². The van der Waals surface area contributed by atoms with E-state index in [0.29, 0.717) is 10.8 Å². The first-order valence-corrected chi connectivity index (χ1v) is 9.20. The first-order chi connectivity index (χ1) is 10.5. The summed E-state index contributed by atoms with van der Waals surface area (Å²) in [7, 11) is 0. The van der Waals surface area contributed by atoms with Crippen molar-refractivity contribution >= 4 is 28.0 Å². The number of carboxylic acids is 1. The molecule has 1 aromatic heterocycles. The molecule has 0 spiro atoms. The normalized spacial score (nSPS) is 22.2. The molecule has 0 saturated heterocycles. The Kier molecular flexibility index (Phi) is 9.99. The maximum Gasteiger partial charge on any atom is 0.345 e. The average Bonchev–Trinajstić information content (AvgIpc) is 2.88. The van der Waals surface area contributed by atoms with Crippen LogP contribution >= 0.6 is 11.3 Å². The molecule has 3 nitrogen and oxygen atoms in total. The third-order valence-electron chi connectivity index (χ3n) is 3.57. The van der Waals surface area contributed by atoms with E-state index in [4.69, 9.17) is 10.1 Å². The molecule has 2 atom stereocenters. The molecule has 0 aromatic carbocycles. The third kappa shape index (κ3) is 5.91. The first-order valence-electron chi connectivity index (χ1n) is 8.38. The van der Waals surface area contributed by atoms with Crippen LogP contribution in [0.1, 0.15) is 76.0 Å². The van der Waals surface area contributed by atoms with E-state index in [9.17, 15) is 4.79 Å². The van der Waals surface area contributed by atoms with Crippen molar-refractivity contribution < 1.29 is 9.90 Å². The average molecular weight is 326 g/mol. The lowest BCUT2D eigenvalue weighted by molar-refractivity contribution is 0.0702. The highest BCUT2D eigenvalue weighted by Crippen LogP contribution is 2.34. The number of aryl methyl sites for hydroxylation is 1. The Morgan fingerprint density at radius 1 is 1.27 bits per heavy atom. The molecular formula is C18H31NO2S. The summed E-state index contributed by atoms with van der Waals surface area (Å²) in [6.45, 7) is 14.4. The van der Waals surface area contributed by atoms with Gasteiger partial charge in [0.1, 0.15) is 9.88 Å². The molecule has 4 heteroatoms. The van der Waals surface area contributed by atoms with E-state index in [1.807, 2.05) is 34.6 Å². The quantitative estimate of drug-likeness (QED) is 0.690. The minimum atomic E-state index is -0.861. The Labute approximate surface area is 139 Å². The molecule has 2 rings (SSSR count). The molecule has 2 unspecified atom stereocenters. The maximum absolute atomic E-state index is 10.9. The van der Waals surface area contributed by atoms with Crippen LogP contribution in [-0.2, 0) is 0 Å². The van der Waals surface area contributed by atoms with Gasteiger partial charge in [-0.1, -0.05) is 41.5 Å². The second-order valence-electron chi connectivity index (χ2n) is 5.29. The largest absolute Gasteiger partial charge is 0.477 e. The van der Waals surface area contributed by atoms with Gasteiger partial charge >= 0.3 is 5.97 Å². The highest BCUT2D eigenvalue weighted by Gasteiger charge is 2.21. The predicted molar refractivity (Wildman–Crippen MR) is 98.0 cm³/mol. The van der Waals surface area contributed by atoms with Crippen molar-refractivity contribution in [1.29, 1.82) is 0 Å². The van der Waals surface area contributed by atoms with E-state index in [-0.39, 0.29) is 0 Å². The summed E-state index contributed by atoms with van der Waals surface area (Å²) in [5, 5.41) is 9.84. The minimum absolute atomic E-state index is 0.378. The van der Waals surface area contributed by atoms with E-state index in [1.54, 1.807) is 6.07 Å². The van der Waals surface area contributed by atoms with Crippen molar-refractivity contribution in [1.82, 2.24) is 0 Å². The molecule has 1 aromatic rings. The number of hydrogen-bond donors (Lipinski definition) is 1. The van der Waals surface area contributed by atoms with E-state index in [1.165, 1.54) is 29.9 Å². The van der Waals surface area contributed by atoms with Crippen molar-refractivity contribution in [2.24, 2.45) is 16.8 Å². The molecule has 1 fully saturated rings. The zero-order valence-electron chi connectivity index (χ0n) is 15.1. The van der Waals surface area contributed by atoms with Gasteiger partial charge < -0.3 is 5.11 Å². The fraction of sp³-hybridized carbons (Fsp3) is 0.667. The highest BCUT2D eigenvalue weighted by molar-refractivity contribution is 7.17. The highest BCUT2D eigenvalue weighted by atomic mass is 32.1. The number of rotatable bonds is 2. The van der Waals surface area contributed by atoms with Crippen molar-refractivity contribution in [3.05, 3.63) is 16.5 Å². The fourth-order valence-electron chi connectivity index (χ4n) is 2.48. The molecule has 126 valence electrons. The van der Waals surface area contributed by atoms with Crippen molar-refractivity contribution in [2.75, 3.05) is 0 Å². The van der Waals surface area contributed by atoms with Gasteiger partial charge in [-0.25, -0.2) is 9.79 Å². The van der Waals surface area contributed by atoms with Crippen LogP contribution in [-0.4, -0.2) is 16.8 Å². The fourth-order valence-corrected chi connectivity index (χ4v) is 3.40. The smallest absolute Gasteiger partial charge is 0.345 e. The second-order valence-corrected chi connectivity index (χ2v) is 6.32. The molecule has 1 aliphatic carbocycles. The Hall–Kier alpha value is -1.16. The number of nitrogens with zero attached hydrogens (tertiary/aromatic N) is 1. The molecule has 1 heterocycles. The molecule has 0 bridgehead atoms. The van der Waals surface area contributed by atoms with Gasteiger partial charge in [0.25, 0.3) is 0 Å². The number of aliphatic imine (C=N–C) groups is 1. The number of aromatic carboxylic acids is 1.